The minimum absolute atomic E-state index is 0.0710. The molecule has 4 nitrogen and oxygen atoms in total. The lowest BCUT2D eigenvalue weighted by atomic mass is 10.1. The van der Waals surface area contributed by atoms with Crippen molar-refractivity contribution in [2.45, 2.75) is 13.1 Å². The number of amides is 1. The zero-order valence-electron chi connectivity index (χ0n) is 15.7. The Kier molecular flexibility index (Phi) is 6.78. The van der Waals surface area contributed by atoms with Gasteiger partial charge in [0.25, 0.3) is 5.91 Å². The van der Waals surface area contributed by atoms with E-state index in [2.05, 4.69) is 15.9 Å². The van der Waals surface area contributed by atoms with Gasteiger partial charge in [0.2, 0.25) is 0 Å². The van der Waals surface area contributed by atoms with E-state index in [4.69, 9.17) is 21.7 Å². The second kappa shape index (κ2) is 8.99. The molecular formula is C20H15BrF3NO3S2. The van der Waals surface area contributed by atoms with Crippen molar-refractivity contribution in [3.8, 4) is 11.5 Å². The SMILES string of the molecule is CCOc1cc(/C=C2\SC(=S)N(c3cccc(C(F)(F)F)c3)C2=O)cc(Br)c1OC. The highest BCUT2D eigenvalue weighted by molar-refractivity contribution is 9.10. The lowest BCUT2D eigenvalue weighted by molar-refractivity contribution is -0.137. The maximum absolute atomic E-state index is 13.0. The number of carbonyl (C=O) groups is 1. The van der Waals surface area contributed by atoms with Gasteiger partial charge in [0.15, 0.2) is 15.8 Å². The predicted octanol–water partition coefficient (Wildman–Crippen LogP) is 6.28. The van der Waals surface area contributed by atoms with Crippen molar-refractivity contribution in [2.75, 3.05) is 18.6 Å². The van der Waals surface area contributed by atoms with Crippen molar-refractivity contribution in [2.24, 2.45) is 0 Å². The Hall–Kier alpha value is -2.04. The van der Waals surface area contributed by atoms with E-state index in [1.54, 1.807) is 18.2 Å². The van der Waals surface area contributed by atoms with Crippen LogP contribution in [0.15, 0.2) is 45.8 Å². The molecule has 158 valence electrons. The number of carbonyl (C=O) groups excluding carboxylic acids is 1. The number of hydrogen-bond acceptors (Lipinski definition) is 5. The van der Waals surface area contributed by atoms with Crippen LogP contribution in [0, 0.1) is 0 Å². The van der Waals surface area contributed by atoms with Gasteiger partial charge in [-0.1, -0.05) is 30.0 Å². The van der Waals surface area contributed by atoms with Gasteiger partial charge in [-0.2, -0.15) is 13.2 Å². The van der Waals surface area contributed by atoms with Crippen molar-refractivity contribution in [1.29, 1.82) is 0 Å². The summed E-state index contributed by atoms with van der Waals surface area (Å²) < 4.78 is 50.8. The van der Waals surface area contributed by atoms with Crippen LogP contribution in [-0.2, 0) is 11.0 Å². The first-order chi connectivity index (χ1) is 14.2. The first kappa shape index (κ1) is 22.6. The molecule has 0 N–H and O–H groups in total. The highest BCUT2D eigenvalue weighted by atomic mass is 79.9. The molecule has 1 fully saturated rings. The average molecular weight is 518 g/mol. The highest BCUT2D eigenvalue weighted by Gasteiger charge is 2.36. The van der Waals surface area contributed by atoms with E-state index in [9.17, 15) is 18.0 Å². The fraction of sp³-hybridized carbons (Fsp3) is 0.200. The van der Waals surface area contributed by atoms with Crippen LogP contribution in [0.4, 0.5) is 18.9 Å². The molecule has 3 rings (SSSR count). The molecule has 1 aliphatic heterocycles. The summed E-state index contributed by atoms with van der Waals surface area (Å²) in [5, 5.41) is 0. The molecule has 0 unspecified atom stereocenters. The van der Waals surface area contributed by atoms with E-state index < -0.39 is 17.6 Å². The summed E-state index contributed by atoms with van der Waals surface area (Å²) in [6, 6.07) is 7.98. The minimum Gasteiger partial charge on any atom is -0.492 e. The molecule has 0 aliphatic carbocycles. The standard InChI is InChI=1S/C20H15BrF3NO3S2/c1-3-28-15-8-11(7-14(21)17(15)27-2)9-16-18(26)25(19(29)30-16)13-6-4-5-12(10-13)20(22,23)24/h4-10H,3H2,1-2H3/b16-9-. The Morgan fingerprint density at radius 2 is 2.00 bits per heavy atom. The highest BCUT2D eigenvalue weighted by Crippen LogP contribution is 2.41. The molecule has 1 amide bonds. The monoisotopic (exact) mass is 517 g/mol. The number of thiocarbonyl (C=S) groups is 1. The van der Waals surface area contributed by atoms with Crippen LogP contribution in [-0.4, -0.2) is 23.9 Å². The van der Waals surface area contributed by atoms with Crippen molar-refractivity contribution >= 4 is 61.9 Å². The van der Waals surface area contributed by atoms with Gasteiger partial charge in [-0.05, 0) is 64.8 Å². The molecule has 10 heteroatoms. The number of ether oxygens (including phenoxy) is 2. The van der Waals surface area contributed by atoms with E-state index >= 15 is 0 Å². The van der Waals surface area contributed by atoms with E-state index in [0.717, 1.165) is 28.8 Å². The smallest absolute Gasteiger partial charge is 0.416 e. The van der Waals surface area contributed by atoms with Crippen LogP contribution in [0.3, 0.4) is 0 Å². The van der Waals surface area contributed by atoms with Gasteiger partial charge in [-0.25, -0.2) is 0 Å². The first-order valence-corrected chi connectivity index (χ1v) is 10.6. The van der Waals surface area contributed by atoms with Gasteiger partial charge < -0.3 is 9.47 Å². The van der Waals surface area contributed by atoms with Crippen LogP contribution < -0.4 is 14.4 Å². The number of halogens is 4. The summed E-state index contributed by atoms with van der Waals surface area (Å²) in [6.45, 7) is 2.25. The lowest BCUT2D eigenvalue weighted by Crippen LogP contribution is -2.27. The molecule has 0 atom stereocenters. The number of methoxy groups -OCH3 is 1. The van der Waals surface area contributed by atoms with E-state index in [0.29, 0.717) is 28.1 Å². The van der Waals surface area contributed by atoms with Gasteiger partial charge in [-0.15, -0.1) is 0 Å². The van der Waals surface area contributed by atoms with Gasteiger partial charge in [0.1, 0.15) is 0 Å². The fourth-order valence-electron chi connectivity index (χ4n) is 2.80. The first-order valence-electron chi connectivity index (χ1n) is 8.61. The Bertz CT molecular complexity index is 1040. The summed E-state index contributed by atoms with van der Waals surface area (Å²) >= 11 is 9.69. The largest absolute Gasteiger partial charge is 0.492 e. The minimum atomic E-state index is -4.52. The molecule has 2 aromatic carbocycles. The quantitative estimate of drug-likeness (QED) is 0.344. The van der Waals surface area contributed by atoms with Gasteiger partial charge >= 0.3 is 6.18 Å². The Labute approximate surface area is 189 Å². The number of nitrogens with zero attached hydrogens (tertiary/aromatic N) is 1. The second-order valence-corrected chi connectivity index (χ2v) is 8.56. The molecule has 0 saturated carbocycles. The molecule has 0 aromatic heterocycles. The van der Waals surface area contributed by atoms with Crippen LogP contribution in [0.25, 0.3) is 6.08 Å². The summed E-state index contributed by atoms with van der Waals surface area (Å²) in [4.78, 5) is 14.3. The number of hydrogen-bond donors (Lipinski definition) is 0. The van der Waals surface area contributed by atoms with Gasteiger partial charge in [0, 0.05) is 0 Å². The van der Waals surface area contributed by atoms with Crippen LogP contribution in [0.2, 0.25) is 0 Å². The molecule has 1 saturated heterocycles. The van der Waals surface area contributed by atoms with Crippen molar-refractivity contribution in [3.05, 3.63) is 56.9 Å². The molecule has 0 radical (unpaired) electrons. The Morgan fingerprint density at radius 1 is 1.27 bits per heavy atom. The van der Waals surface area contributed by atoms with Crippen LogP contribution in [0.5, 0.6) is 11.5 Å². The molecule has 0 bridgehead atoms. The zero-order chi connectivity index (χ0) is 22.1. The third-order valence-electron chi connectivity index (χ3n) is 4.06. The van der Waals surface area contributed by atoms with Crippen molar-refractivity contribution in [3.63, 3.8) is 0 Å². The summed E-state index contributed by atoms with van der Waals surface area (Å²) in [6.07, 6.45) is -2.91. The molecule has 30 heavy (non-hydrogen) atoms. The molecular weight excluding hydrogens is 503 g/mol. The Balaban J connectivity index is 1.96. The van der Waals surface area contributed by atoms with Crippen molar-refractivity contribution < 1.29 is 27.4 Å². The molecule has 1 heterocycles. The van der Waals surface area contributed by atoms with E-state index in [-0.39, 0.29) is 14.9 Å². The van der Waals surface area contributed by atoms with Crippen LogP contribution >= 0.6 is 39.9 Å². The fourth-order valence-corrected chi connectivity index (χ4v) is 4.72. The maximum Gasteiger partial charge on any atom is 0.416 e. The normalized spacial score (nSPS) is 15.8. The van der Waals surface area contributed by atoms with Crippen LogP contribution in [0.1, 0.15) is 18.1 Å². The number of anilines is 1. The van der Waals surface area contributed by atoms with Gasteiger partial charge in [-0.3, -0.25) is 9.69 Å². The summed E-state index contributed by atoms with van der Waals surface area (Å²) in [7, 11) is 1.52. The number of alkyl halides is 3. The second-order valence-electron chi connectivity index (χ2n) is 6.03. The molecule has 1 aliphatic rings. The van der Waals surface area contributed by atoms with Gasteiger partial charge in [0.05, 0.1) is 34.3 Å². The van der Waals surface area contributed by atoms with Crippen molar-refractivity contribution in [1.82, 2.24) is 0 Å². The topological polar surface area (TPSA) is 38.8 Å². The predicted molar refractivity (Wildman–Crippen MR) is 119 cm³/mol. The molecule has 2 aromatic rings. The third-order valence-corrected chi connectivity index (χ3v) is 5.95. The van der Waals surface area contributed by atoms with E-state index in [1.807, 2.05) is 6.92 Å². The zero-order valence-corrected chi connectivity index (χ0v) is 19.0. The summed E-state index contributed by atoms with van der Waals surface area (Å²) in [5.41, 5.74) is -0.129. The van der Waals surface area contributed by atoms with E-state index in [1.165, 1.54) is 19.2 Å². The average Bonchev–Trinajstić information content (AvgIpc) is 2.94. The summed E-state index contributed by atoms with van der Waals surface area (Å²) in [5.74, 6) is 0.522. The maximum atomic E-state index is 13.0. The Morgan fingerprint density at radius 3 is 2.63 bits per heavy atom. The molecule has 0 spiro atoms. The number of rotatable bonds is 5. The number of benzene rings is 2. The third kappa shape index (κ3) is 4.65. The number of thioether (sulfide) groups is 1. The lowest BCUT2D eigenvalue weighted by Gasteiger charge is -2.16.